The van der Waals surface area contributed by atoms with Crippen LogP contribution in [0.5, 0.6) is 11.5 Å². The van der Waals surface area contributed by atoms with Gasteiger partial charge in [-0.3, -0.25) is 9.59 Å². The van der Waals surface area contributed by atoms with Gasteiger partial charge in [0.05, 0.1) is 10.0 Å². The van der Waals surface area contributed by atoms with Crippen molar-refractivity contribution in [3.05, 3.63) is 34.3 Å². The third kappa shape index (κ3) is 6.87. The Balaban J connectivity index is 0.000000550. The van der Waals surface area contributed by atoms with Gasteiger partial charge in [-0.25, -0.2) is 0 Å². The number of ether oxygens (including phenoxy) is 2. The van der Waals surface area contributed by atoms with Crippen LogP contribution in [0.25, 0.3) is 10.8 Å². The van der Waals surface area contributed by atoms with Gasteiger partial charge in [-0.15, -0.1) is 0 Å². The van der Waals surface area contributed by atoms with Crippen LogP contribution in [0, 0.1) is 0 Å². The van der Waals surface area contributed by atoms with E-state index in [1.807, 2.05) is 0 Å². The van der Waals surface area contributed by atoms with Crippen LogP contribution in [0.2, 0.25) is 10.0 Å². The Hall–Kier alpha value is -1.25. The third-order valence-electron chi connectivity index (χ3n) is 2.50. The molecule has 0 atom stereocenters. The molecule has 6 nitrogen and oxygen atoms in total. The fourth-order valence-electron chi connectivity index (χ4n) is 1.78. The van der Waals surface area contributed by atoms with Gasteiger partial charge in [-0.05, 0) is 0 Å². The molecule has 0 radical (unpaired) electrons. The predicted molar refractivity (Wildman–Crippen MR) is 97.2 cm³/mol. The van der Waals surface area contributed by atoms with Crippen molar-refractivity contribution in [2.45, 2.75) is 13.8 Å². The lowest BCUT2D eigenvalue weighted by molar-refractivity contribution is -0.134. The monoisotopic (exact) mass is 446 g/mol. The second-order valence-electron chi connectivity index (χ2n) is 4.40. The van der Waals surface area contributed by atoms with E-state index in [1.165, 1.54) is 13.8 Å². The van der Waals surface area contributed by atoms with E-state index in [4.69, 9.17) is 41.1 Å². The second kappa shape index (κ2) is 8.91. The van der Waals surface area contributed by atoms with Crippen molar-refractivity contribution in [1.82, 2.24) is 0 Å². The Kier molecular flexibility index (Phi) is 7.77. The van der Waals surface area contributed by atoms with Crippen LogP contribution in [0.4, 0.5) is 0 Å². The van der Waals surface area contributed by atoms with Crippen molar-refractivity contribution in [3.63, 3.8) is 0 Å². The predicted octanol–water partition coefficient (Wildman–Crippen LogP) is 4.71. The zero-order valence-electron chi connectivity index (χ0n) is 12.7. The first-order valence-corrected chi connectivity index (χ1v) is 10.2. The lowest BCUT2D eigenvalue weighted by Crippen LogP contribution is -2.08. The van der Waals surface area contributed by atoms with Crippen LogP contribution in [0.3, 0.4) is 0 Å². The molecule has 0 unspecified atom stereocenters. The Morgan fingerprint density at radius 1 is 0.840 bits per heavy atom. The fourth-order valence-corrected chi connectivity index (χ4v) is 2.36. The van der Waals surface area contributed by atoms with Gasteiger partial charge in [0.25, 0.3) is 0 Å². The minimum absolute atomic E-state index is 0.0573. The molecule has 0 aromatic heterocycles. The van der Waals surface area contributed by atoms with Gasteiger partial charge in [-0.1, -0.05) is 47.5 Å². The highest BCUT2D eigenvalue weighted by molar-refractivity contribution is 8.31. The average molecular weight is 448 g/mol. The molecule has 0 aliphatic rings. The molecule has 0 fully saturated rings. The number of carbonyl (C=O) groups is 2. The van der Waals surface area contributed by atoms with Crippen molar-refractivity contribution in [1.29, 1.82) is 0 Å². The highest BCUT2D eigenvalue weighted by atomic mass is 36.0. The Morgan fingerprint density at radius 3 is 1.36 bits per heavy atom. The molecule has 0 N–H and O–H groups in total. The van der Waals surface area contributed by atoms with E-state index in [0.29, 0.717) is 10.8 Å². The van der Waals surface area contributed by atoms with E-state index in [1.54, 1.807) is 24.3 Å². The minimum Gasteiger partial charge on any atom is -0.421 e. The standard InChI is InChI=1S/C14H10Cl2O4.Cl2O2S/c1-7(17)19-13-11(15)9-5-3-4-6-10(9)12(16)14(13)20-8(2)18;1-5(2,3)4/h3-6H,1-2H3;. The first kappa shape index (κ1) is 21.8. The fraction of sp³-hybridized carbons (Fsp3) is 0.143. The van der Waals surface area contributed by atoms with Gasteiger partial charge in [-0.2, -0.15) is 8.42 Å². The number of hydrogen-bond acceptors (Lipinski definition) is 6. The molecule has 2 aromatic carbocycles. The van der Waals surface area contributed by atoms with Crippen LogP contribution in [-0.4, -0.2) is 20.4 Å². The van der Waals surface area contributed by atoms with Gasteiger partial charge < -0.3 is 9.47 Å². The summed E-state index contributed by atoms with van der Waals surface area (Å²) in [6.45, 7) is 2.44. The first-order valence-electron chi connectivity index (χ1n) is 6.32. The highest BCUT2D eigenvalue weighted by Gasteiger charge is 2.22. The lowest BCUT2D eigenvalue weighted by Gasteiger charge is -2.14. The van der Waals surface area contributed by atoms with Gasteiger partial charge in [0.15, 0.2) is 11.5 Å². The van der Waals surface area contributed by atoms with E-state index in [2.05, 4.69) is 21.4 Å². The van der Waals surface area contributed by atoms with Gasteiger partial charge in [0.2, 0.25) is 0 Å². The molecule has 0 spiro atoms. The van der Waals surface area contributed by atoms with E-state index in [0.717, 1.165) is 0 Å². The molecule has 0 aliphatic carbocycles. The SMILES string of the molecule is CC(=O)Oc1c(OC(C)=O)c(Cl)c2ccccc2c1Cl.O=S(=O)(Cl)Cl. The maximum atomic E-state index is 11.2. The summed E-state index contributed by atoms with van der Waals surface area (Å²) in [4.78, 5) is 22.4. The van der Waals surface area contributed by atoms with Crippen molar-refractivity contribution >= 4 is 75.5 Å². The lowest BCUT2D eigenvalue weighted by atomic mass is 10.1. The number of fused-ring (bicyclic) bond motifs is 1. The van der Waals surface area contributed by atoms with E-state index in [9.17, 15) is 9.59 Å². The Morgan fingerprint density at radius 2 is 1.12 bits per heavy atom. The van der Waals surface area contributed by atoms with Crippen molar-refractivity contribution in [2.75, 3.05) is 0 Å². The molecule has 25 heavy (non-hydrogen) atoms. The number of rotatable bonds is 2. The molecule has 0 bridgehead atoms. The molecule has 136 valence electrons. The van der Waals surface area contributed by atoms with Crippen LogP contribution >= 0.6 is 44.6 Å². The van der Waals surface area contributed by atoms with Crippen molar-refractivity contribution in [2.24, 2.45) is 0 Å². The number of hydrogen-bond donors (Lipinski definition) is 0. The maximum Gasteiger partial charge on any atom is 0.317 e. The molecule has 0 amide bonds. The molecule has 0 heterocycles. The number of esters is 2. The molecular formula is C14H10Cl4O6S. The van der Waals surface area contributed by atoms with Crippen molar-refractivity contribution in [3.8, 4) is 11.5 Å². The van der Waals surface area contributed by atoms with Gasteiger partial charge in [0.1, 0.15) is 0 Å². The number of benzene rings is 2. The third-order valence-corrected chi connectivity index (χ3v) is 3.25. The van der Waals surface area contributed by atoms with E-state index in [-0.39, 0.29) is 21.5 Å². The molecule has 2 aromatic rings. The average Bonchev–Trinajstić information content (AvgIpc) is 2.46. The largest absolute Gasteiger partial charge is 0.421 e. The van der Waals surface area contributed by atoms with Crippen molar-refractivity contribution < 1.29 is 27.5 Å². The van der Waals surface area contributed by atoms with Crippen LogP contribution in [0.15, 0.2) is 24.3 Å². The zero-order chi connectivity index (χ0) is 19.4. The normalized spacial score (nSPS) is 10.6. The minimum atomic E-state index is -3.72. The number of halogens is 4. The highest BCUT2D eigenvalue weighted by Crippen LogP contribution is 2.47. The molecule has 0 saturated heterocycles. The summed E-state index contributed by atoms with van der Waals surface area (Å²) in [7, 11) is 4.81. The first-order chi connectivity index (χ1) is 11.4. The number of carbonyl (C=O) groups excluding carboxylic acids is 2. The summed E-state index contributed by atoms with van der Waals surface area (Å²) >= 11 is 12.4. The van der Waals surface area contributed by atoms with Crippen LogP contribution in [-0.2, 0) is 17.9 Å². The Labute approximate surface area is 162 Å². The summed E-state index contributed by atoms with van der Waals surface area (Å²) in [6.07, 6.45) is 0. The molecule has 0 aliphatic heterocycles. The Bertz CT molecular complexity index is 858. The summed E-state index contributed by atoms with van der Waals surface area (Å²) in [5.41, 5.74) is 0. The summed E-state index contributed by atoms with van der Waals surface area (Å²) in [5.74, 6) is -1.30. The molecule has 0 saturated carbocycles. The van der Waals surface area contributed by atoms with E-state index < -0.39 is 20.2 Å². The van der Waals surface area contributed by atoms with Crippen LogP contribution in [0.1, 0.15) is 13.8 Å². The zero-order valence-corrected chi connectivity index (χ0v) is 16.5. The molecular weight excluding hydrogens is 438 g/mol. The van der Waals surface area contributed by atoms with Gasteiger partial charge >= 0.3 is 20.2 Å². The van der Waals surface area contributed by atoms with Gasteiger partial charge in [0, 0.05) is 46.0 Å². The summed E-state index contributed by atoms with van der Waals surface area (Å²) < 4.78 is 28.4. The molecule has 11 heteroatoms. The van der Waals surface area contributed by atoms with Crippen LogP contribution < -0.4 is 9.47 Å². The maximum absolute atomic E-state index is 11.2. The summed E-state index contributed by atoms with van der Waals surface area (Å²) in [6, 6.07) is 7.00. The smallest absolute Gasteiger partial charge is 0.317 e. The van der Waals surface area contributed by atoms with E-state index >= 15 is 0 Å². The molecule has 2 rings (SSSR count). The summed E-state index contributed by atoms with van der Waals surface area (Å²) in [5, 5.41) is 1.53. The quantitative estimate of drug-likeness (QED) is 0.376. The second-order valence-corrected chi connectivity index (χ2v) is 8.82. The topological polar surface area (TPSA) is 86.7 Å².